The molecule has 0 unspecified atom stereocenters. The van der Waals surface area contributed by atoms with Crippen molar-refractivity contribution in [1.82, 2.24) is 4.90 Å². The van der Waals surface area contributed by atoms with E-state index in [9.17, 15) is 9.90 Å². The van der Waals surface area contributed by atoms with E-state index in [4.69, 9.17) is 4.74 Å². The average molecular weight is 207 g/mol. The number of hydrogen-bond acceptors (Lipinski definition) is 3. The number of aliphatic hydroxyl groups excluding tert-OH is 1. The van der Waals surface area contributed by atoms with Crippen LogP contribution in [0.4, 0.5) is 4.79 Å². The molecule has 4 nitrogen and oxygen atoms in total. The van der Waals surface area contributed by atoms with E-state index in [0.29, 0.717) is 0 Å². The predicted molar refractivity (Wildman–Crippen MR) is 54.3 cm³/mol. The van der Waals surface area contributed by atoms with Crippen LogP contribution in [0.3, 0.4) is 0 Å². The highest BCUT2D eigenvalue weighted by molar-refractivity contribution is 5.69. The van der Waals surface area contributed by atoms with E-state index >= 15 is 0 Å². The summed E-state index contributed by atoms with van der Waals surface area (Å²) in [6.07, 6.45) is -1.07. The Morgan fingerprint density at radius 1 is 1.40 bits per heavy atom. The lowest BCUT2D eigenvalue weighted by Gasteiger charge is -2.35. The Balaban J connectivity index is 2.29. The van der Waals surface area contributed by atoms with E-state index in [1.54, 1.807) is 7.05 Å². The second-order valence-corrected chi connectivity index (χ2v) is 3.61. The van der Waals surface area contributed by atoms with Gasteiger partial charge in [0.05, 0.1) is 6.04 Å². The van der Waals surface area contributed by atoms with Gasteiger partial charge in [0.2, 0.25) is 0 Å². The zero-order valence-corrected chi connectivity index (χ0v) is 8.46. The standard InChI is InChI=1S/C11H13NO3/c1-12-10(8-5-3-2-4-6-8)9(13)7-15-11(12)14/h2-6,9-10,13H,7H2,1H3/t9-,10+/m1/s1. The van der Waals surface area contributed by atoms with Crippen molar-refractivity contribution in [3.8, 4) is 0 Å². The molecule has 2 atom stereocenters. The van der Waals surface area contributed by atoms with Gasteiger partial charge in [0.1, 0.15) is 12.7 Å². The summed E-state index contributed by atoms with van der Waals surface area (Å²) in [4.78, 5) is 12.7. The molecule has 1 saturated heterocycles. The van der Waals surface area contributed by atoms with Crippen LogP contribution in [-0.4, -0.2) is 35.9 Å². The predicted octanol–water partition coefficient (Wildman–Crippen LogP) is 1.17. The minimum Gasteiger partial charge on any atom is -0.447 e. The molecular formula is C11H13NO3. The fourth-order valence-corrected chi connectivity index (χ4v) is 1.82. The molecule has 0 spiro atoms. The van der Waals surface area contributed by atoms with Crippen LogP contribution in [0.1, 0.15) is 11.6 Å². The maximum atomic E-state index is 11.3. The highest BCUT2D eigenvalue weighted by atomic mass is 16.6. The van der Waals surface area contributed by atoms with E-state index in [1.807, 2.05) is 30.3 Å². The molecule has 1 amide bonds. The van der Waals surface area contributed by atoms with Crippen LogP contribution in [0.15, 0.2) is 30.3 Å². The molecule has 0 bridgehead atoms. The van der Waals surface area contributed by atoms with Crippen LogP contribution in [0, 0.1) is 0 Å². The highest BCUT2D eigenvalue weighted by Crippen LogP contribution is 2.27. The first kappa shape index (κ1) is 9.98. The van der Waals surface area contributed by atoms with Gasteiger partial charge in [-0.05, 0) is 5.56 Å². The fourth-order valence-electron chi connectivity index (χ4n) is 1.82. The number of nitrogens with zero attached hydrogens (tertiary/aromatic N) is 1. The fraction of sp³-hybridized carbons (Fsp3) is 0.364. The van der Waals surface area contributed by atoms with Gasteiger partial charge < -0.3 is 14.7 Å². The molecule has 2 rings (SSSR count). The molecule has 1 aliphatic heterocycles. The summed E-state index contributed by atoms with van der Waals surface area (Å²) < 4.78 is 4.79. The third-order valence-corrected chi connectivity index (χ3v) is 2.59. The Hall–Kier alpha value is -1.55. The Morgan fingerprint density at radius 3 is 2.73 bits per heavy atom. The van der Waals surface area contributed by atoms with Crippen LogP contribution >= 0.6 is 0 Å². The van der Waals surface area contributed by atoms with Crippen molar-refractivity contribution < 1.29 is 14.6 Å². The minimum atomic E-state index is -0.671. The van der Waals surface area contributed by atoms with E-state index < -0.39 is 12.2 Å². The molecule has 1 fully saturated rings. The molecule has 0 saturated carbocycles. The largest absolute Gasteiger partial charge is 0.447 e. The topological polar surface area (TPSA) is 49.8 Å². The van der Waals surface area contributed by atoms with Crippen molar-refractivity contribution in [2.24, 2.45) is 0 Å². The summed E-state index contributed by atoms with van der Waals surface area (Å²) in [6.45, 7) is 0.0583. The molecule has 15 heavy (non-hydrogen) atoms. The second kappa shape index (κ2) is 3.90. The van der Waals surface area contributed by atoms with Crippen LogP contribution < -0.4 is 0 Å². The number of aliphatic hydroxyl groups is 1. The number of cyclic esters (lactones) is 1. The van der Waals surface area contributed by atoms with Gasteiger partial charge in [-0.1, -0.05) is 30.3 Å². The van der Waals surface area contributed by atoms with Crippen molar-refractivity contribution >= 4 is 6.09 Å². The van der Waals surface area contributed by atoms with E-state index in [2.05, 4.69) is 0 Å². The van der Waals surface area contributed by atoms with Crippen molar-refractivity contribution in [2.75, 3.05) is 13.7 Å². The van der Waals surface area contributed by atoms with Crippen LogP contribution in [0.2, 0.25) is 0 Å². The maximum absolute atomic E-state index is 11.3. The first-order valence-electron chi connectivity index (χ1n) is 4.83. The molecule has 1 N–H and O–H groups in total. The zero-order valence-electron chi connectivity index (χ0n) is 8.46. The second-order valence-electron chi connectivity index (χ2n) is 3.61. The van der Waals surface area contributed by atoms with Crippen molar-refractivity contribution in [2.45, 2.75) is 12.1 Å². The third-order valence-electron chi connectivity index (χ3n) is 2.59. The molecule has 4 heteroatoms. The number of hydrogen-bond donors (Lipinski definition) is 1. The number of benzene rings is 1. The lowest BCUT2D eigenvalue weighted by Crippen LogP contribution is -2.46. The Morgan fingerprint density at radius 2 is 2.07 bits per heavy atom. The summed E-state index contributed by atoms with van der Waals surface area (Å²) in [5, 5.41) is 9.79. The normalized spacial score (nSPS) is 26.3. The number of carbonyl (C=O) groups excluding carboxylic acids is 1. The van der Waals surface area contributed by atoms with E-state index in [0.717, 1.165) is 5.56 Å². The first-order chi connectivity index (χ1) is 7.20. The molecule has 0 radical (unpaired) electrons. The Kier molecular flexibility index (Phi) is 2.60. The molecule has 80 valence electrons. The first-order valence-corrected chi connectivity index (χ1v) is 4.83. The molecule has 1 aromatic carbocycles. The van der Waals surface area contributed by atoms with Crippen LogP contribution in [0.5, 0.6) is 0 Å². The van der Waals surface area contributed by atoms with Crippen LogP contribution in [-0.2, 0) is 4.74 Å². The minimum absolute atomic E-state index is 0.0583. The zero-order chi connectivity index (χ0) is 10.8. The number of rotatable bonds is 1. The monoisotopic (exact) mass is 207 g/mol. The quantitative estimate of drug-likeness (QED) is 0.752. The number of amides is 1. The van der Waals surface area contributed by atoms with Gasteiger partial charge in [-0.25, -0.2) is 4.79 Å². The van der Waals surface area contributed by atoms with Gasteiger partial charge >= 0.3 is 6.09 Å². The smallest absolute Gasteiger partial charge is 0.410 e. The Bertz CT molecular complexity index is 352. The SMILES string of the molecule is CN1C(=O)OC[C@@H](O)[C@@H]1c1ccccc1. The molecule has 1 aliphatic rings. The maximum Gasteiger partial charge on any atom is 0.410 e. The van der Waals surface area contributed by atoms with Gasteiger partial charge in [-0.2, -0.15) is 0 Å². The van der Waals surface area contributed by atoms with E-state index in [-0.39, 0.29) is 12.6 Å². The van der Waals surface area contributed by atoms with Gasteiger partial charge in [0, 0.05) is 7.05 Å². The summed E-state index contributed by atoms with van der Waals surface area (Å²) >= 11 is 0. The lowest BCUT2D eigenvalue weighted by atomic mass is 10.00. The molecule has 0 aliphatic carbocycles. The Labute approximate surface area is 88.1 Å². The van der Waals surface area contributed by atoms with Gasteiger partial charge in [0.15, 0.2) is 0 Å². The number of ether oxygens (including phenoxy) is 1. The van der Waals surface area contributed by atoms with Crippen molar-refractivity contribution in [3.63, 3.8) is 0 Å². The summed E-state index contributed by atoms with van der Waals surface area (Å²) in [7, 11) is 1.63. The number of likely N-dealkylation sites (N-methyl/N-ethyl adjacent to an activating group) is 1. The van der Waals surface area contributed by atoms with Gasteiger partial charge in [0.25, 0.3) is 0 Å². The van der Waals surface area contributed by atoms with Gasteiger partial charge in [-0.3, -0.25) is 0 Å². The molecular weight excluding hydrogens is 194 g/mol. The summed E-state index contributed by atoms with van der Waals surface area (Å²) in [5.41, 5.74) is 0.921. The molecule has 1 heterocycles. The van der Waals surface area contributed by atoms with E-state index in [1.165, 1.54) is 4.90 Å². The van der Waals surface area contributed by atoms with Crippen molar-refractivity contribution in [3.05, 3.63) is 35.9 Å². The average Bonchev–Trinajstić information content (AvgIpc) is 2.26. The molecule has 0 aromatic heterocycles. The molecule has 1 aromatic rings. The lowest BCUT2D eigenvalue weighted by molar-refractivity contribution is -0.0352. The third kappa shape index (κ3) is 1.80. The number of carbonyl (C=O) groups is 1. The van der Waals surface area contributed by atoms with Crippen molar-refractivity contribution in [1.29, 1.82) is 0 Å². The highest BCUT2D eigenvalue weighted by Gasteiger charge is 2.34. The van der Waals surface area contributed by atoms with Crippen LogP contribution in [0.25, 0.3) is 0 Å². The summed E-state index contributed by atoms with van der Waals surface area (Å²) in [5.74, 6) is 0. The van der Waals surface area contributed by atoms with Gasteiger partial charge in [-0.15, -0.1) is 0 Å². The summed E-state index contributed by atoms with van der Waals surface area (Å²) in [6, 6.07) is 9.14.